The zero-order chi connectivity index (χ0) is 24.1. The van der Waals surface area contributed by atoms with Gasteiger partial charge in [-0.05, 0) is 73.6 Å². The number of anilines is 1. The molecule has 2 aromatic carbocycles. The summed E-state index contributed by atoms with van der Waals surface area (Å²) in [7, 11) is 2.96. The van der Waals surface area contributed by atoms with Crippen LogP contribution in [-0.2, 0) is 22.4 Å². The minimum absolute atomic E-state index is 0.0188. The second-order valence-electron chi connectivity index (χ2n) is 8.71. The van der Waals surface area contributed by atoms with E-state index >= 15 is 0 Å². The summed E-state index contributed by atoms with van der Waals surface area (Å²) in [6.07, 6.45) is 7.50. The molecule has 1 aliphatic rings. The molecule has 1 N–H and O–H groups in total. The molecule has 1 aromatic heterocycles. The van der Waals surface area contributed by atoms with Crippen molar-refractivity contribution in [2.45, 2.75) is 58.1 Å². The molecule has 7 nitrogen and oxygen atoms in total. The zero-order valence-corrected chi connectivity index (χ0v) is 20.1. The molecule has 4 rings (SSSR count). The summed E-state index contributed by atoms with van der Waals surface area (Å²) in [5.41, 5.74) is 4.34. The topological polar surface area (TPSA) is 78.8 Å². The Morgan fingerprint density at radius 2 is 1.85 bits per heavy atom. The molecule has 1 heterocycles. The van der Waals surface area contributed by atoms with Crippen LogP contribution in [0.4, 0.5) is 10.5 Å². The number of hydrogen-bond acceptors (Lipinski definition) is 5. The van der Waals surface area contributed by atoms with E-state index in [0.29, 0.717) is 23.4 Å². The van der Waals surface area contributed by atoms with Crippen LogP contribution in [0.3, 0.4) is 0 Å². The highest BCUT2D eigenvalue weighted by atomic mass is 16.6. The van der Waals surface area contributed by atoms with E-state index in [2.05, 4.69) is 23.0 Å². The molecule has 1 amide bonds. The fourth-order valence-electron chi connectivity index (χ4n) is 4.66. The van der Waals surface area contributed by atoms with Crippen molar-refractivity contribution >= 4 is 28.7 Å². The van der Waals surface area contributed by atoms with Crippen molar-refractivity contribution < 1.29 is 23.8 Å². The molecule has 3 aromatic rings. The minimum atomic E-state index is -0.402. The highest BCUT2D eigenvalue weighted by Gasteiger charge is 2.20. The van der Waals surface area contributed by atoms with Crippen LogP contribution in [0, 0.1) is 0 Å². The van der Waals surface area contributed by atoms with Gasteiger partial charge >= 0.3 is 12.1 Å². The van der Waals surface area contributed by atoms with Crippen molar-refractivity contribution in [2.24, 2.45) is 0 Å². The predicted molar refractivity (Wildman–Crippen MR) is 132 cm³/mol. The second-order valence-corrected chi connectivity index (χ2v) is 8.71. The molecule has 180 valence electrons. The number of ether oxygens (including phenoxy) is 3. The van der Waals surface area contributed by atoms with Gasteiger partial charge in [0.2, 0.25) is 0 Å². The number of fused-ring (bicyclic) bond motifs is 1. The first-order chi connectivity index (χ1) is 16.5. The number of nitrogens with zero attached hydrogens (tertiary/aromatic N) is 1. The van der Waals surface area contributed by atoms with Gasteiger partial charge in [-0.15, -0.1) is 0 Å². The van der Waals surface area contributed by atoms with Crippen molar-refractivity contribution in [3.63, 3.8) is 0 Å². The Kier molecular flexibility index (Phi) is 7.40. The Hall–Kier alpha value is -3.48. The SMILES string of the molecule is CCCn1cc(Cc2ccc(C(=O)OC)cc2OC)c2cc(NC(=O)OC3CCCC3)ccc21. The molecule has 0 atom stereocenters. The standard InChI is InChI=1S/C27H32N2O5/c1-4-13-29-17-20(14-18-9-10-19(26(30)33-3)15-25(18)32-2)23-16-21(11-12-24(23)29)28-27(31)34-22-7-5-6-8-22/h9-12,15-17,22H,4-8,13-14H2,1-3H3,(H,28,31). The van der Waals surface area contributed by atoms with Gasteiger partial charge in [0, 0.05) is 35.8 Å². The highest BCUT2D eigenvalue weighted by Crippen LogP contribution is 2.31. The van der Waals surface area contributed by atoms with Gasteiger partial charge in [-0.25, -0.2) is 9.59 Å². The molecule has 0 saturated heterocycles. The van der Waals surface area contributed by atoms with E-state index in [1.807, 2.05) is 24.3 Å². The number of hydrogen-bond donors (Lipinski definition) is 1. The molecular formula is C27H32N2O5. The maximum atomic E-state index is 12.4. The van der Waals surface area contributed by atoms with Crippen molar-refractivity contribution in [2.75, 3.05) is 19.5 Å². The second kappa shape index (κ2) is 10.6. The Morgan fingerprint density at radius 1 is 1.06 bits per heavy atom. The van der Waals surface area contributed by atoms with Gasteiger partial charge in [0.25, 0.3) is 0 Å². The van der Waals surface area contributed by atoms with Crippen LogP contribution in [0.1, 0.15) is 60.5 Å². The minimum Gasteiger partial charge on any atom is -0.496 e. The van der Waals surface area contributed by atoms with Crippen molar-refractivity contribution in [3.05, 3.63) is 59.3 Å². The molecule has 1 saturated carbocycles. The molecule has 0 bridgehead atoms. The molecule has 1 aliphatic carbocycles. The monoisotopic (exact) mass is 464 g/mol. The molecular weight excluding hydrogens is 432 g/mol. The Morgan fingerprint density at radius 3 is 2.56 bits per heavy atom. The quantitative estimate of drug-likeness (QED) is 0.418. The first-order valence-electron chi connectivity index (χ1n) is 11.9. The van der Waals surface area contributed by atoms with Crippen molar-refractivity contribution in [1.29, 1.82) is 0 Å². The molecule has 7 heteroatoms. The fraction of sp³-hybridized carbons (Fsp3) is 0.407. The van der Waals surface area contributed by atoms with Crippen molar-refractivity contribution in [3.8, 4) is 5.75 Å². The van der Waals surface area contributed by atoms with E-state index in [-0.39, 0.29) is 6.10 Å². The third-order valence-corrected chi connectivity index (χ3v) is 6.34. The van der Waals surface area contributed by atoms with Crippen LogP contribution >= 0.6 is 0 Å². The number of benzene rings is 2. The molecule has 0 aliphatic heterocycles. The maximum absolute atomic E-state index is 12.4. The average molecular weight is 465 g/mol. The average Bonchev–Trinajstić information content (AvgIpc) is 3.47. The Balaban J connectivity index is 1.62. The maximum Gasteiger partial charge on any atom is 0.411 e. The lowest BCUT2D eigenvalue weighted by Crippen LogP contribution is -2.20. The summed E-state index contributed by atoms with van der Waals surface area (Å²) in [5, 5.41) is 3.96. The van der Waals surface area contributed by atoms with Gasteiger partial charge in [0.1, 0.15) is 11.9 Å². The van der Waals surface area contributed by atoms with Gasteiger partial charge < -0.3 is 18.8 Å². The van der Waals surface area contributed by atoms with Gasteiger partial charge in [-0.3, -0.25) is 5.32 Å². The summed E-state index contributed by atoms with van der Waals surface area (Å²) in [5.74, 6) is 0.235. The number of amides is 1. The lowest BCUT2D eigenvalue weighted by molar-refractivity contribution is 0.0600. The molecule has 0 spiro atoms. The van der Waals surface area contributed by atoms with E-state index in [1.165, 1.54) is 7.11 Å². The van der Waals surface area contributed by atoms with E-state index in [1.54, 1.807) is 19.2 Å². The van der Waals surface area contributed by atoms with Gasteiger partial charge in [0.05, 0.1) is 19.8 Å². The number of carbonyl (C=O) groups is 2. The van der Waals surface area contributed by atoms with Crippen LogP contribution in [0.15, 0.2) is 42.6 Å². The number of esters is 1. The summed E-state index contributed by atoms with van der Waals surface area (Å²) in [6, 6.07) is 11.3. The van der Waals surface area contributed by atoms with E-state index < -0.39 is 12.1 Å². The molecule has 0 radical (unpaired) electrons. The number of rotatable bonds is 8. The number of aryl methyl sites for hydroxylation is 1. The van der Waals surface area contributed by atoms with E-state index in [9.17, 15) is 9.59 Å². The normalized spacial score (nSPS) is 13.7. The first kappa shape index (κ1) is 23.7. The Bertz CT molecular complexity index is 1180. The number of carbonyl (C=O) groups excluding carboxylic acids is 2. The number of nitrogens with one attached hydrogen (secondary N) is 1. The van der Waals surface area contributed by atoms with E-state index in [0.717, 1.165) is 60.7 Å². The summed E-state index contributed by atoms with van der Waals surface area (Å²) < 4.78 is 18.2. The fourth-order valence-corrected chi connectivity index (χ4v) is 4.66. The van der Waals surface area contributed by atoms with Crippen molar-refractivity contribution in [1.82, 2.24) is 4.57 Å². The van der Waals surface area contributed by atoms with Crippen LogP contribution in [0.5, 0.6) is 5.75 Å². The summed E-state index contributed by atoms with van der Waals surface area (Å²) in [6.45, 7) is 3.04. The third kappa shape index (κ3) is 5.19. The van der Waals surface area contributed by atoms with Crippen LogP contribution in [0.25, 0.3) is 10.9 Å². The Labute approximate surface area is 200 Å². The lowest BCUT2D eigenvalue weighted by Gasteiger charge is -2.13. The zero-order valence-electron chi connectivity index (χ0n) is 20.1. The first-order valence-corrected chi connectivity index (χ1v) is 11.9. The molecule has 34 heavy (non-hydrogen) atoms. The largest absolute Gasteiger partial charge is 0.496 e. The number of aromatic nitrogens is 1. The highest BCUT2D eigenvalue weighted by molar-refractivity contribution is 5.92. The van der Waals surface area contributed by atoms with Gasteiger partial charge in [0.15, 0.2) is 0 Å². The summed E-state index contributed by atoms with van der Waals surface area (Å²) in [4.78, 5) is 24.3. The smallest absolute Gasteiger partial charge is 0.411 e. The predicted octanol–water partition coefficient (Wildman–Crippen LogP) is 5.93. The van der Waals surface area contributed by atoms with Gasteiger partial charge in [-0.1, -0.05) is 13.0 Å². The van der Waals surface area contributed by atoms with Crippen LogP contribution in [0.2, 0.25) is 0 Å². The lowest BCUT2D eigenvalue weighted by atomic mass is 10.0. The molecule has 1 fully saturated rings. The molecule has 0 unspecified atom stereocenters. The van der Waals surface area contributed by atoms with Crippen LogP contribution in [-0.4, -0.2) is 37.0 Å². The summed E-state index contributed by atoms with van der Waals surface area (Å²) >= 11 is 0. The van der Waals surface area contributed by atoms with Crippen LogP contribution < -0.4 is 10.1 Å². The third-order valence-electron chi connectivity index (χ3n) is 6.34. The number of methoxy groups -OCH3 is 2. The van der Waals surface area contributed by atoms with Gasteiger partial charge in [-0.2, -0.15) is 0 Å². The van der Waals surface area contributed by atoms with E-state index in [4.69, 9.17) is 14.2 Å².